The SMILES string of the molecule is CCCCCCCCCCCCCC[C@H](C(=O)OCC)N(C)C. The lowest BCUT2D eigenvalue weighted by Gasteiger charge is -2.22. The lowest BCUT2D eigenvalue weighted by molar-refractivity contribution is -0.148. The lowest BCUT2D eigenvalue weighted by atomic mass is 10.0. The average molecular weight is 328 g/mol. The molecule has 0 aliphatic rings. The Kier molecular flexibility index (Phi) is 15.9. The van der Waals surface area contributed by atoms with Gasteiger partial charge in [0.15, 0.2) is 0 Å². The van der Waals surface area contributed by atoms with Crippen LogP contribution in [0.25, 0.3) is 0 Å². The number of rotatable bonds is 16. The number of hydrogen-bond acceptors (Lipinski definition) is 3. The van der Waals surface area contributed by atoms with Crippen LogP contribution < -0.4 is 0 Å². The molecule has 0 aromatic carbocycles. The highest BCUT2D eigenvalue weighted by molar-refractivity contribution is 5.75. The van der Waals surface area contributed by atoms with Crippen LogP contribution in [0.3, 0.4) is 0 Å². The van der Waals surface area contributed by atoms with Crippen molar-refractivity contribution in [1.29, 1.82) is 0 Å². The Morgan fingerprint density at radius 1 is 0.783 bits per heavy atom. The van der Waals surface area contributed by atoms with E-state index in [1.54, 1.807) is 0 Å². The van der Waals surface area contributed by atoms with Crippen molar-refractivity contribution in [3.63, 3.8) is 0 Å². The first-order valence-corrected chi connectivity index (χ1v) is 9.96. The number of likely N-dealkylation sites (N-methyl/N-ethyl adjacent to an activating group) is 1. The van der Waals surface area contributed by atoms with Gasteiger partial charge in [-0.3, -0.25) is 9.69 Å². The fraction of sp³-hybridized carbons (Fsp3) is 0.950. The maximum absolute atomic E-state index is 11.9. The van der Waals surface area contributed by atoms with Gasteiger partial charge < -0.3 is 4.74 Å². The van der Waals surface area contributed by atoms with Gasteiger partial charge in [-0.15, -0.1) is 0 Å². The number of carbonyl (C=O) groups excluding carboxylic acids is 1. The van der Waals surface area contributed by atoms with Crippen LogP contribution in [0.15, 0.2) is 0 Å². The molecule has 0 saturated carbocycles. The van der Waals surface area contributed by atoms with Crippen LogP contribution in [0, 0.1) is 0 Å². The molecular formula is C20H41NO2. The van der Waals surface area contributed by atoms with E-state index in [2.05, 4.69) is 6.92 Å². The summed E-state index contributed by atoms with van der Waals surface area (Å²) < 4.78 is 5.14. The van der Waals surface area contributed by atoms with Gasteiger partial charge in [0, 0.05) is 0 Å². The molecule has 0 amide bonds. The maximum atomic E-state index is 11.9. The molecule has 0 heterocycles. The summed E-state index contributed by atoms with van der Waals surface area (Å²) in [4.78, 5) is 13.8. The number of carbonyl (C=O) groups is 1. The predicted molar refractivity (Wildman–Crippen MR) is 99.8 cm³/mol. The zero-order valence-corrected chi connectivity index (χ0v) is 16.2. The van der Waals surface area contributed by atoms with Crippen LogP contribution in [0.2, 0.25) is 0 Å². The molecule has 138 valence electrons. The van der Waals surface area contributed by atoms with Gasteiger partial charge in [-0.2, -0.15) is 0 Å². The fourth-order valence-corrected chi connectivity index (χ4v) is 3.00. The second-order valence-corrected chi connectivity index (χ2v) is 6.91. The molecule has 0 spiro atoms. The van der Waals surface area contributed by atoms with Crippen molar-refractivity contribution in [2.45, 2.75) is 103 Å². The first-order valence-electron chi connectivity index (χ1n) is 9.96. The molecule has 0 N–H and O–H groups in total. The summed E-state index contributed by atoms with van der Waals surface area (Å²) in [5.41, 5.74) is 0. The highest BCUT2D eigenvalue weighted by atomic mass is 16.5. The van der Waals surface area contributed by atoms with Gasteiger partial charge in [0.25, 0.3) is 0 Å². The highest BCUT2D eigenvalue weighted by Gasteiger charge is 2.21. The average Bonchev–Trinajstić information content (AvgIpc) is 2.51. The van der Waals surface area contributed by atoms with Crippen molar-refractivity contribution in [2.75, 3.05) is 20.7 Å². The van der Waals surface area contributed by atoms with E-state index in [0.717, 1.165) is 12.8 Å². The molecule has 0 rings (SSSR count). The molecule has 1 atom stereocenters. The third-order valence-corrected chi connectivity index (χ3v) is 4.51. The van der Waals surface area contributed by atoms with Crippen LogP contribution in [0.1, 0.15) is 97.3 Å². The van der Waals surface area contributed by atoms with Crippen LogP contribution >= 0.6 is 0 Å². The van der Waals surface area contributed by atoms with Crippen molar-refractivity contribution < 1.29 is 9.53 Å². The largest absolute Gasteiger partial charge is 0.465 e. The standard InChI is InChI=1S/C20H41NO2/c1-5-7-8-9-10-11-12-13-14-15-16-17-18-19(21(3)4)20(22)23-6-2/h19H,5-18H2,1-4H3/t19-/m1/s1. The van der Waals surface area contributed by atoms with Crippen LogP contribution in [0.5, 0.6) is 0 Å². The smallest absolute Gasteiger partial charge is 0.323 e. The van der Waals surface area contributed by atoms with Gasteiger partial charge in [0.1, 0.15) is 6.04 Å². The molecule has 3 heteroatoms. The van der Waals surface area contributed by atoms with E-state index in [0.29, 0.717) is 6.61 Å². The minimum Gasteiger partial charge on any atom is -0.465 e. The normalized spacial score (nSPS) is 12.6. The molecule has 0 bridgehead atoms. The predicted octanol–water partition coefficient (Wildman–Crippen LogP) is 5.57. The zero-order chi connectivity index (χ0) is 17.3. The number of esters is 1. The van der Waals surface area contributed by atoms with Crippen molar-refractivity contribution in [2.24, 2.45) is 0 Å². The van der Waals surface area contributed by atoms with Crippen molar-refractivity contribution in [1.82, 2.24) is 4.90 Å². The van der Waals surface area contributed by atoms with Gasteiger partial charge in [0.05, 0.1) is 6.61 Å². The van der Waals surface area contributed by atoms with E-state index < -0.39 is 0 Å². The second kappa shape index (κ2) is 16.3. The fourth-order valence-electron chi connectivity index (χ4n) is 3.00. The third kappa shape index (κ3) is 13.6. The van der Waals surface area contributed by atoms with E-state index in [1.165, 1.54) is 70.6 Å². The minimum absolute atomic E-state index is 0.0689. The second-order valence-electron chi connectivity index (χ2n) is 6.91. The molecule has 0 saturated heterocycles. The van der Waals surface area contributed by atoms with Gasteiger partial charge in [-0.1, -0.05) is 84.0 Å². The molecule has 0 unspecified atom stereocenters. The summed E-state index contributed by atoms with van der Waals surface area (Å²) >= 11 is 0. The molecule has 0 fully saturated rings. The highest BCUT2D eigenvalue weighted by Crippen LogP contribution is 2.14. The Bertz CT molecular complexity index is 266. The Balaban J connectivity index is 3.44. The lowest BCUT2D eigenvalue weighted by Crippen LogP contribution is -2.37. The number of nitrogens with zero attached hydrogens (tertiary/aromatic N) is 1. The van der Waals surface area contributed by atoms with Gasteiger partial charge in [0.2, 0.25) is 0 Å². The van der Waals surface area contributed by atoms with Crippen LogP contribution in [0.4, 0.5) is 0 Å². The summed E-state index contributed by atoms with van der Waals surface area (Å²) in [5, 5.41) is 0. The first-order chi connectivity index (χ1) is 11.1. The summed E-state index contributed by atoms with van der Waals surface area (Å²) in [6.45, 7) is 4.61. The maximum Gasteiger partial charge on any atom is 0.323 e. The zero-order valence-electron chi connectivity index (χ0n) is 16.2. The molecule has 0 radical (unpaired) electrons. The van der Waals surface area contributed by atoms with Crippen LogP contribution in [-0.4, -0.2) is 37.6 Å². The van der Waals surface area contributed by atoms with Crippen molar-refractivity contribution >= 4 is 5.97 Å². The first kappa shape index (κ1) is 22.4. The number of hydrogen-bond donors (Lipinski definition) is 0. The van der Waals surface area contributed by atoms with E-state index >= 15 is 0 Å². The summed E-state index contributed by atoms with van der Waals surface area (Å²) in [6.07, 6.45) is 17.1. The van der Waals surface area contributed by atoms with Crippen molar-refractivity contribution in [3.05, 3.63) is 0 Å². The Hall–Kier alpha value is -0.570. The minimum atomic E-state index is -0.0712. The number of ether oxygens (including phenoxy) is 1. The van der Waals surface area contributed by atoms with E-state index in [9.17, 15) is 4.79 Å². The number of unbranched alkanes of at least 4 members (excludes halogenated alkanes) is 11. The molecule has 0 aromatic rings. The van der Waals surface area contributed by atoms with E-state index in [-0.39, 0.29) is 12.0 Å². The van der Waals surface area contributed by atoms with Crippen LogP contribution in [-0.2, 0) is 9.53 Å². The molecule has 23 heavy (non-hydrogen) atoms. The molecule has 0 aliphatic heterocycles. The van der Waals surface area contributed by atoms with Gasteiger partial charge in [-0.05, 0) is 27.4 Å². The Labute approximate surface area is 145 Å². The molecule has 3 nitrogen and oxygen atoms in total. The summed E-state index contributed by atoms with van der Waals surface area (Å²) in [5.74, 6) is -0.0689. The third-order valence-electron chi connectivity index (χ3n) is 4.51. The molecule has 0 aromatic heterocycles. The van der Waals surface area contributed by atoms with Gasteiger partial charge >= 0.3 is 5.97 Å². The monoisotopic (exact) mass is 327 g/mol. The summed E-state index contributed by atoms with van der Waals surface area (Å²) in [6, 6.07) is -0.0712. The Morgan fingerprint density at radius 2 is 1.22 bits per heavy atom. The topological polar surface area (TPSA) is 29.5 Å². The van der Waals surface area contributed by atoms with E-state index in [4.69, 9.17) is 4.74 Å². The quantitative estimate of drug-likeness (QED) is 0.274. The Morgan fingerprint density at radius 3 is 1.61 bits per heavy atom. The summed E-state index contributed by atoms with van der Waals surface area (Å²) in [7, 11) is 3.92. The molecule has 0 aliphatic carbocycles. The van der Waals surface area contributed by atoms with Gasteiger partial charge in [-0.25, -0.2) is 0 Å². The van der Waals surface area contributed by atoms with E-state index in [1.807, 2.05) is 25.9 Å². The molecular weight excluding hydrogens is 286 g/mol. The van der Waals surface area contributed by atoms with Crippen molar-refractivity contribution in [3.8, 4) is 0 Å².